The molecule has 1 aliphatic heterocycles. The van der Waals surface area contributed by atoms with Gasteiger partial charge in [-0.25, -0.2) is 0 Å². The molecule has 0 aliphatic carbocycles. The van der Waals surface area contributed by atoms with Crippen LogP contribution in [-0.4, -0.2) is 81.8 Å². The van der Waals surface area contributed by atoms with Crippen molar-refractivity contribution in [2.75, 3.05) is 66.1 Å². The molecule has 0 atom stereocenters. The van der Waals surface area contributed by atoms with Gasteiger partial charge in [0.1, 0.15) is 5.75 Å². The third-order valence-corrected chi connectivity index (χ3v) is 4.09. The van der Waals surface area contributed by atoms with Crippen molar-refractivity contribution in [3.63, 3.8) is 0 Å². The topological polar surface area (TPSA) is 54.0 Å². The molecule has 1 saturated heterocycles. The lowest BCUT2D eigenvalue weighted by Gasteiger charge is -2.34. The highest BCUT2D eigenvalue weighted by atomic mass is 16.5. The maximum atomic E-state index is 11.8. The van der Waals surface area contributed by atoms with Gasteiger partial charge in [-0.1, -0.05) is 18.2 Å². The van der Waals surface area contributed by atoms with Crippen LogP contribution in [0.25, 0.3) is 0 Å². The Labute approximate surface area is 144 Å². The smallest absolute Gasteiger partial charge is 0.234 e. The summed E-state index contributed by atoms with van der Waals surface area (Å²) in [7, 11) is 1.64. The highest BCUT2D eigenvalue weighted by molar-refractivity contribution is 5.77. The average molecular weight is 335 g/mol. The van der Waals surface area contributed by atoms with Crippen molar-refractivity contribution in [3.8, 4) is 5.75 Å². The first-order valence-corrected chi connectivity index (χ1v) is 8.66. The number of carbonyl (C=O) groups excluding carboxylic acids is 1. The van der Waals surface area contributed by atoms with Gasteiger partial charge in [-0.15, -0.1) is 0 Å². The van der Waals surface area contributed by atoms with Gasteiger partial charge in [0.05, 0.1) is 19.8 Å². The van der Waals surface area contributed by atoms with Crippen LogP contribution in [0.4, 0.5) is 0 Å². The lowest BCUT2D eigenvalue weighted by Crippen LogP contribution is -2.49. The van der Waals surface area contributed by atoms with Gasteiger partial charge in [-0.3, -0.25) is 9.69 Å². The van der Waals surface area contributed by atoms with Gasteiger partial charge in [0.25, 0.3) is 0 Å². The monoisotopic (exact) mass is 335 g/mol. The zero-order valence-electron chi connectivity index (χ0n) is 14.6. The molecule has 1 N–H and O–H groups in total. The molecule has 1 amide bonds. The van der Waals surface area contributed by atoms with Gasteiger partial charge in [-0.05, 0) is 18.6 Å². The largest absolute Gasteiger partial charge is 0.494 e. The zero-order chi connectivity index (χ0) is 17.0. The zero-order valence-corrected chi connectivity index (χ0v) is 14.6. The van der Waals surface area contributed by atoms with E-state index in [9.17, 15) is 4.79 Å². The second kappa shape index (κ2) is 11.0. The van der Waals surface area contributed by atoms with Crippen molar-refractivity contribution in [1.29, 1.82) is 0 Å². The minimum absolute atomic E-state index is 0.0803. The van der Waals surface area contributed by atoms with Crippen molar-refractivity contribution in [2.24, 2.45) is 0 Å². The Bertz CT molecular complexity index is 462. The maximum Gasteiger partial charge on any atom is 0.234 e. The third-order valence-electron chi connectivity index (χ3n) is 4.09. The summed E-state index contributed by atoms with van der Waals surface area (Å²) in [5, 5.41) is 2.86. The number of nitrogens with zero attached hydrogens (tertiary/aromatic N) is 2. The van der Waals surface area contributed by atoms with E-state index in [1.54, 1.807) is 7.11 Å². The van der Waals surface area contributed by atoms with E-state index in [0.717, 1.165) is 51.5 Å². The van der Waals surface area contributed by atoms with Gasteiger partial charge in [0, 0.05) is 46.4 Å². The molecule has 1 heterocycles. The van der Waals surface area contributed by atoms with Crippen molar-refractivity contribution in [2.45, 2.75) is 6.42 Å². The van der Waals surface area contributed by atoms with E-state index in [1.165, 1.54) is 0 Å². The Hall–Kier alpha value is -1.63. The Balaban J connectivity index is 1.52. The molecular formula is C18H29N3O3. The highest BCUT2D eigenvalue weighted by Crippen LogP contribution is 2.09. The van der Waals surface area contributed by atoms with Crippen molar-refractivity contribution >= 4 is 5.91 Å². The first-order chi connectivity index (χ1) is 11.8. The molecule has 0 aromatic heterocycles. The minimum atomic E-state index is 0.0803. The van der Waals surface area contributed by atoms with E-state index in [0.29, 0.717) is 19.7 Å². The number of para-hydroxylation sites is 1. The third kappa shape index (κ3) is 7.29. The summed E-state index contributed by atoms with van der Waals surface area (Å²) >= 11 is 0. The summed E-state index contributed by atoms with van der Waals surface area (Å²) in [6.45, 7) is 7.31. The molecule has 0 radical (unpaired) electrons. The van der Waals surface area contributed by atoms with Crippen molar-refractivity contribution in [3.05, 3.63) is 30.3 Å². The van der Waals surface area contributed by atoms with Crippen LogP contribution in [0.3, 0.4) is 0 Å². The summed E-state index contributed by atoms with van der Waals surface area (Å²) in [6, 6.07) is 9.93. The Morgan fingerprint density at radius 2 is 1.79 bits per heavy atom. The minimum Gasteiger partial charge on any atom is -0.494 e. The van der Waals surface area contributed by atoms with Crippen LogP contribution in [0.5, 0.6) is 5.75 Å². The summed E-state index contributed by atoms with van der Waals surface area (Å²) in [5.41, 5.74) is 0. The lowest BCUT2D eigenvalue weighted by atomic mass is 10.3. The Morgan fingerprint density at radius 1 is 1.08 bits per heavy atom. The van der Waals surface area contributed by atoms with E-state index in [-0.39, 0.29) is 5.91 Å². The number of hydrogen-bond donors (Lipinski definition) is 1. The van der Waals surface area contributed by atoms with Gasteiger partial charge in [-0.2, -0.15) is 0 Å². The first kappa shape index (κ1) is 18.7. The number of hydrogen-bond acceptors (Lipinski definition) is 5. The summed E-state index contributed by atoms with van der Waals surface area (Å²) in [6.07, 6.45) is 1.02. The molecule has 0 spiro atoms. The molecule has 1 fully saturated rings. The summed E-state index contributed by atoms with van der Waals surface area (Å²) in [4.78, 5) is 16.4. The number of amides is 1. The predicted molar refractivity (Wildman–Crippen MR) is 94.3 cm³/mol. The molecule has 134 valence electrons. The van der Waals surface area contributed by atoms with Gasteiger partial charge in [0.2, 0.25) is 5.91 Å². The van der Waals surface area contributed by atoms with Crippen LogP contribution >= 0.6 is 0 Å². The molecule has 0 saturated carbocycles. The van der Waals surface area contributed by atoms with Crippen molar-refractivity contribution < 1.29 is 14.3 Å². The summed E-state index contributed by atoms with van der Waals surface area (Å²) in [5.74, 6) is 1.01. The Kier molecular flexibility index (Phi) is 8.59. The SMILES string of the molecule is COCCNC(=O)CN1CCN(CCCOc2ccccc2)CC1. The van der Waals surface area contributed by atoms with E-state index < -0.39 is 0 Å². The van der Waals surface area contributed by atoms with E-state index in [4.69, 9.17) is 9.47 Å². The number of piperazine rings is 1. The molecule has 1 aliphatic rings. The number of carbonyl (C=O) groups is 1. The highest BCUT2D eigenvalue weighted by Gasteiger charge is 2.18. The number of nitrogens with one attached hydrogen (secondary N) is 1. The van der Waals surface area contributed by atoms with E-state index in [1.807, 2.05) is 30.3 Å². The quantitative estimate of drug-likeness (QED) is 0.642. The number of benzene rings is 1. The molecule has 2 rings (SSSR count). The first-order valence-electron chi connectivity index (χ1n) is 8.66. The summed E-state index contributed by atoms with van der Waals surface area (Å²) < 4.78 is 10.6. The molecule has 1 aromatic carbocycles. The number of ether oxygens (including phenoxy) is 2. The lowest BCUT2D eigenvalue weighted by molar-refractivity contribution is -0.122. The Morgan fingerprint density at radius 3 is 2.50 bits per heavy atom. The van der Waals surface area contributed by atoms with Crippen LogP contribution < -0.4 is 10.1 Å². The van der Waals surface area contributed by atoms with Crippen LogP contribution in [0.15, 0.2) is 30.3 Å². The van der Waals surface area contributed by atoms with Crippen LogP contribution in [0.1, 0.15) is 6.42 Å². The number of methoxy groups -OCH3 is 1. The van der Waals surface area contributed by atoms with Gasteiger partial charge >= 0.3 is 0 Å². The fraction of sp³-hybridized carbons (Fsp3) is 0.611. The molecule has 6 heteroatoms. The molecule has 24 heavy (non-hydrogen) atoms. The van der Waals surface area contributed by atoms with Gasteiger partial charge < -0.3 is 19.7 Å². The van der Waals surface area contributed by atoms with Crippen LogP contribution in [0.2, 0.25) is 0 Å². The molecule has 6 nitrogen and oxygen atoms in total. The van der Waals surface area contributed by atoms with Crippen LogP contribution in [-0.2, 0) is 9.53 Å². The normalized spacial score (nSPS) is 16.0. The maximum absolute atomic E-state index is 11.8. The fourth-order valence-corrected chi connectivity index (χ4v) is 2.72. The second-order valence-corrected chi connectivity index (χ2v) is 5.98. The molecular weight excluding hydrogens is 306 g/mol. The van der Waals surface area contributed by atoms with Gasteiger partial charge in [0.15, 0.2) is 0 Å². The van der Waals surface area contributed by atoms with Crippen molar-refractivity contribution in [1.82, 2.24) is 15.1 Å². The average Bonchev–Trinajstić information content (AvgIpc) is 2.61. The fourth-order valence-electron chi connectivity index (χ4n) is 2.72. The van der Waals surface area contributed by atoms with E-state index >= 15 is 0 Å². The van der Waals surface area contributed by atoms with E-state index in [2.05, 4.69) is 15.1 Å². The predicted octanol–water partition coefficient (Wildman–Crippen LogP) is 0.836. The standard InChI is InChI=1S/C18H29N3O3/c1-23-15-8-19-18(22)16-21-12-10-20(11-13-21)9-5-14-24-17-6-3-2-4-7-17/h2-4,6-7H,5,8-16H2,1H3,(H,19,22). The van der Waals surface area contributed by atoms with Crippen LogP contribution in [0, 0.1) is 0 Å². The number of rotatable bonds is 10. The molecule has 0 unspecified atom stereocenters. The second-order valence-electron chi connectivity index (χ2n) is 5.98. The molecule has 0 bridgehead atoms. The molecule has 1 aromatic rings.